The highest BCUT2D eigenvalue weighted by Crippen LogP contribution is 2.39. The predicted octanol–water partition coefficient (Wildman–Crippen LogP) is 3.76. The number of ether oxygens (including phenoxy) is 2. The van der Waals surface area contributed by atoms with E-state index in [9.17, 15) is 15.0 Å². The molecule has 1 aliphatic rings. The van der Waals surface area contributed by atoms with E-state index in [1.165, 1.54) is 11.0 Å². The number of rotatable bonds is 6. The molecule has 142 valence electrons. The van der Waals surface area contributed by atoms with Crippen LogP contribution in [-0.2, 0) is 0 Å². The molecule has 0 aliphatic carbocycles. The number of thiophene rings is 1. The Hall–Kier alpha value is -2.93. The Balaban J connectivity index is 1.47. The van der Waals surface area contributed by atoms with Crippen LogP contribution < -0.4 is 9.47 Å². The Bertz CT molecular complexity index is 1000. The molecular formula is C22H18O5S. The molecule has 0 amide bonds. The average Bonchev–Trinajstić information content (AvgIpc) is 3.40. The molecule has 1 aliphatic heterocycles. The molecule has 0 saturated carbocycles. The average molecular weight is 394 g/mol. The molecule has 0 bridgehead atoms. The van der Waals surface area contributed by atoms with Crippen molar-refractivity contribution in [3.8, 4) is 21.9 Å². The molecule has 0 unspecified atom stereocenters. The van der Waals surface area contributed by atoms with Gasteiger partial charge >= 0.3 is 0 Å². The van der Waals surface area contributed by atoms with Crippen LogP contribution in [0.2, 0.25) is 0 Å². The van der Waals surface area contributed by atoms with Crippen molar-refractivity contribution in [2.45, 2.75) is 5.79 Å². The van der Waals surface area contributed by atoms with Gasteiger partial charge in [-0.1, -0.05) is 36.4 Å². The lowest BCUT2D eigenvalue weighted by Gasteiger charge is -2.22. The number of aliphatic hydroxyl groups is 2. The molecule has 6 heteroatoms. The van der Waals surface area contributed by atoms with Crippen LogP contribution in [0.25, 0.3) is 16.5 Å². The van der Waals surface area contributed by atoms with E-state index in [1.54, 1.807) is 35.6 Å². The van der Waals surface area contributed by atoms with Crippen molar-refractivity contribution in [1.82, 2.24) is 0 Å². The SMILES string of the molecule is O=C(C=Cc1ccc(-c2cccs2)cc1)c1ccc2c(c1)OC(CO)(CO)O2. The van der Waals surface area contributed by atoms with Gasteiger partial charge in [0.05, 0.1) is 0 Å². The molecule has 28 heavy (non-hydrogen) atoms. The molecule has 1 aromatic heterocycles. The molecule has 3 aromatic rings. The van der Waals surface area contributed by atoms with E-state index in [2.05, 4.69) is 6.07 Å². The number of hydrogen-bond donors (Lipinski definition) is 2. The molecule has 0 fully saturated rings. The molecule has 0 atom stereocenters. The highest BCUT2D eigenvalue weighted by Gasteiger charge is 2.40. The Kier molecular flexibility index (Phi) is 5.00. The smallest absolute Gasteiger partial charge is 0.297 e. The van der Waals surface area contributed by atoms with E-state index in [0.29, 0.717) is 17.1 Å². The summed E-state index contributed by atoms with van der Waals surface area (Å²) in [7, 11) is 0. The second kappa shape index (κ2) is 7.59. The number of ketones is 1. The number of allylic oxidation sites excluding steroid dienone is 1. The summed E-state index contributed by atoms with van der Waals surface area (Å²) in [5.41, 5.74) is 2.50. The van der Waals surface area contributed by atoms with Gasteiger partial charge in [-0.3, -0.25) is 4.79 Å². The zero-order valence-electron chi connectivity index (χ0n) is 14.9. The van der Waals surface area contributed by atoms with Crippen LogP contribution >= 0.6 is 11.3 Å². The molecule has 0 spiro atoms. The Morgan fingerprint density at radius 3 is 2.43 bits per heavy atom. The van der Waals surface area contributed by atoms with Crippen molar-refractivity contribution in [2.24, 2.45) is 0 Å². The third-order valence-electron chi connectivity index (χ3n) is 4.45. The summed E-state index contributed by atoms with van der Waals surface area (Å²) in [5, 5.41) is 20.8. The monoisotopic (exact) mass is 394 g/mol. The van der Waals surface area contributed by atoms with Gasteiger partial charge in [0.1, 0.15) is 13.2 Å². The van der Waals surface area contributed by atoms with Crippen LogP contribution in [0, 0.1) is 0 Å². The molecular weight excluding hydrogens is 376 g/mol. The first-order valence-electron chi connectivity index (χ1n) is 8.73. The minimum Gasteiger partial charge on any atom is -0.444 e. The summed E-state index contributed by atoms with van der Waals surface area (Å²) in [6.45, 7) is -0.994. The fourth-order valence-electron chi connectivity index (χ4n) is 2.90. The van der Waals surface area contributed by atoms with Crippen LogP contribution in [-0.4, -0.2) is 35.0 Å². The van der Waals surface area contributed by atoms with Crippen molar-refractivity contribution in [3.05, 3.63) is 77.2 Å². The van der Waals surface area contributed by atoms with E-state index in [0.717, 1.165) is 11.1 Å². The highest BCUT2D eigenvalue weighted by atomic mass is 32.1. The molecule has 4 rings (SSSR count). The van der Waals surface area contributed by atoms with Crippen molar-refractivity contribution in [2.75, 3.05) is 13.2 Å². The maximum absolute atomic E-state index is 12.5. The maximum Gasteiger partial charge on any atom is 0.297 e. The fourth-order valence-corrected chi connectivity index (χ4v) is 3.63. The number of carbonyl (C=O) groups is 1. The summed E-state index contributed by atoms with van der Waals surface area (Å²) in [5.74, 6) is -0.973. The van der Waals surface area contributed by atoms with Gasteiger partial charge in [0.15, 0.2) is 17.3 Å². The van der Waals surface area contributed by atoms with E-state index in [4.69, 9.17) is 9.47 Å². The first-order chi connectivity index (χ1) is 13.6. The quantitative estimate of drug-likeness (QED) is 0.492. The maximum atomic E-state index is 12.5. The summed E-state index contributed by atoms with van der Waals surface area (Å²) in [4.78, 5) is 13.7. The second-order valence-corrected chi connectivity index (χ2v) is 7.34. The van der Waals surface area contributed by atoms with Crippen LogP contribution in [0.4, 0.5) is 0 Å². The normalized spacial score (nSPS) is 14.5. The molecule has 5 nitrogen and oxygen atoms in total. The summed E-state index contributed by atoms with van der Waals surface area (Å²) < 4.78 is 10.9. The standard InChI is InChI=1S/C22H18O5S/c23-13-22(14-24)26-19-10-8-17(12-20(19)27-22)18(25)9-5-15-3-6-16(7-4-15)21-2-1-11-28-21/h1-12,23-24H,13-14H2. The Morgan fingerprint density at radius 1 is 1.00 bits per heavy atom. The second-order valence-electron chi connectivity index (χ2n) is 6.39. The van der Waals surface area contributed by atoms with E-state index >= 15 is 0 Å². The van der Waals surface area contributed by atoms with Crippen LogP contribution in [0.3, 0.4) is 0 Å². The highest BCUT2D eigenvalue weighted by molar-refractivity contribution is 7.13. The van der Waals surface area contributed by atoms with Crippen molar-refractivity contribution in [3.63, 3.8) is 0 Å². The van der Waals surface area contributed by atoms with Gasteiger partial charge in [0.25, 0.3) is 5.79 Å². The summed E-state index contributed by atoms with van der Waals surface area (Å²) in [6.07, 6.45) is 3.26. The van der Waals surface area contributed by atoms with Gasteiger partial charge < -0.3 is 19.7 Å². The topological polar surface area (TPSA) is 76.0 Å². The minimum atomic E-state index is -1.50. The minimum absolute atomic E-state index is 0.181. The molecule has 0 radical (unpaired) electrons. The molecule has 2 aromatic carbocycles. The Morgan fingerprint density at radius 2 is 1.75 bits per heavy atom. The number of fused-ring (bicyclic) bond motifs is 1. The molecule has 2 N–H and O–H groups in total. The predicted molar refractivity (Wildman–Crippen MR) is 108 cm³/mol. The lowest BCUT2D eigenvalue weighted by atomic mass is 10.1. The summed E-state index contributed by atoms with van der Waals surface area (Å²) in [6, 6.07) is 16.8. The van der Waals surface area contributed by atoms with Crippen molar-refractivity contribution < 1.29 is 24.5 Å². The summed E-state index contributed by atoms with van der Waals surface area (Å²) >= 11 is 1.68. The van der Waals surface area contributed by atoms with Crippen molar-refractivity contribution in [1.29, 1.82) is 0 Å². The first-order valence-corrected chi connectivity index (χ1v) is 9.61. The number of carbonyl (C=O) groups excluding carboxylic acids is 1. The lowest BCUT2D eigenvalue weighted by Crippen LogP contribution is -2.46. The number of benzene rings is 2. The first kappa shape index (κ1) is 18.4. The third-order valence-corrected chi connectivity index (χ3v) is 5.36. The largest absolute Gasteiger partial charge is 0.444 e. The van der Waals surface area contributed by atoms with Crippen LogP contribution in [0.15, 0.2) is 66.1 Å². The zero-order chi connectivity index (χ0) is 19.6. The van der Waals surface area contributed by atoms with E-state index in [1.807, 2.05) is 35.7 Å². The molecule has 0 saturated heterocycles. The van der Waals surface area contributed by atoms with Crippen LogP contribution in [0.5, 0.6) is 11.5 Å². The van der Waals surface area contributed by atoms with Gasteiger partial charge in [-0.15, -0.1) is 11.3 Å². The zero-order valence-corrected chi connectivity index (χ0v) is 15.7. The van der Waals surface area contributed by atoms with E-state index in [-0.39, 0.29) is 5.78 Å². The number of hydrogen-bond acceptors (Lipinski definition) is 6. The van der Waals surface area contributed by atoms with Gasteiger partial charge in [0.2, 0.25) is 0 Å². The van der Waals surface area contributed by atoms with Crippen LogP contribution in [0.1, 0.15) is 15.9 Å². The van der Waals surface area contributed by atoms with Gasteiger partial charge in [-0.2, -0.15) is 0 Å². The van der Waals surface area contributed by atoms with Gasteiger partial charge in [-0.25, -0.2) is 0 Å². The van der Waals surface area contributed by atoms with E-state index < -0.39 is 19.0 Å². The molecule has 2 heterocycles. The fraction of sp³-hybridized carbons (Fsp3) is 0.136. The lowest BCUT2D eigenvalue weighted by molar-refractivity contribution is -0.143. The van der Waals surface area contributed by atoms with Gasteiger partial charge in [0, 0.05) is 10.4 Å². The van der Waals surface area contributed by atoms with Crippen molar-refractivity contribution >= 4 is 23.2 Å². The number of aliphatic hydroxyl groups excluding tert-OH is 2. The Labute approximate surface area is 166 Å². The van der Waals surface area contributed by atoms with Gasteiger partial charge in [-0.05, 0) is 46.8 Å². The third kappa shape index (κ3) is 3.57.